The summed E-state index contributed by atoms with van der Waals surface area (Å²) in [7, 11) is -3.98. The van der Waals surface area contributed by atoms with Crippen molar-refractivity contribution in [3.8, 4) is 23.5 Å². The molecule has 4 atom stereocenters. The summed E-state index contributed by atoms with van der Waals surface area (Å²) in [4.78, 5) is 3.83. The quantitative estimate of drug-likeness (QED) is 0.361. The average molecular weight is 522 g/mol. The third-order valence-corrected chi connectivity index (χ3v) is 7.68. The van der Waals surface area contributed by atoms with Crippen molar-refractivity contribution in [2.45, 2.75) is 29.2 Å². The number of rotatable bonds is 7. The number of nitriles is 1. The molecule has 188 valence electrons. The van der Waals surface area contributed by atoms with Crippen molar-refractivity contribution in [3.05, 3.63) is 66.7 Å². The van der Waals surface area contributed by atoms with E-state index in [1.165, 1.54) is 23.1 Å². The van der Waals surface area contributed by atoms with Gasteiger partial charge in [0.15, 0.2) is 0 Å². The Bertz CT molecular complexity index is 1550. The summed E-state index contributed by atoms with van der Waals surface area (Å²) in [5.74, 6) is 0.504. The number of hydrogen-bond donors (Lipinski definition) is 1. The fourth-order valence-corrected chi connectivity index (χ4v) is 5.81. The molecule has 0 spiro atoms. The smallest absolute Gasteiger partial charge is 0.341 e. The maximum Gasteiger partial charge on any atom is 0.341 e. The molecule has 2 saturated heterocycles. The summed E-state index contributed by atoms with van der Waals surface area (Å²) in [6.07, 6.45) is 1.94. The second-order valence-electron chi connectivity index (χ2n) is 8.34. The summed E-state index contributed by atoms with van der Waals surface area (Å²) in [5.41, 5.74) is 0.863. The van der Waals surface area contributed by atoms with Gasteiger partial charge in [-0.1, -0.05) is 17.2 Å². The molecule has 0 aliphatic carbocycles. The molecule has 2 fully saturated rings. The van der Waals surface area contributed by atoms with Crippen molar-refractivity contribution >= 4 is 10.0 Å². The Labute approximate surface area is 210 Å². The van der Waals surface area contributed by atoms with Crippen LogP contribution in [0.1, 0.15) is 11.6 Å². The molecular weight excluding hydrogens is 502 g/mol. The number of nitrogens with zero attached hydrogens (tertiary/aromatic N) is 8. The van der Waals surface area contributed by atoms with Crippen LogP contribution >= 0.6 is 0 Å². The Morgan fingerprint density at radius 1 is 1.08 bits per heavy atom. The first-order valence-corrected chi connectivity index (χ1v) is 12.7. The number of tetrazole rings is 1. The molecule has 6 rings (SSSR count). The molecule has 0 saturated carbocycles. The lowest BCUT2D eigenvalue weighted by atomic mass is 10.1. The highest BCUT2D eigenvalue weighted by molar-refractivity contribution is 7.89. The van der Waals surface area contributed by atoms with E-state index in [-0.39, 0.29) is 29.7 Å². The zero-order valence-corrected chi connectivity index (χ0v) is 19.8. The number of hydrogen-bond acceptors (Lipinski definition) is 11. The van der Waals surface area contributed by atoms with Gasteiger partial charge in [-0.05, 0) is 46.8 Å². The van der Waals surface area contributed by atoms with Gasteiger partial charge in [-0.15, -0.1) is 0 Å². The first-order valence-electron chi connectivity index (χ1n) is 11.2. The molecule has 2 aromatic carbocycles. The highest BCUT2D eigenvalue weighted by Gasteiger charge is 2.51. The lowest BCUT2D eigenvalue weighted by molar-refractivity contribution is 0.0615. The summed E-state index contributed by atoms with van der Waals surface area (Å²) in [5, 5.41) is 25.1. The molecule has 15 heteroatoms. The second-order valence-corrected chi connectivity index (χ2v) is 10.0. The van der Waals surface area contributed by atoms with Gasteiger partial charge in [-0.3, -0.25) is 0 Å². The predicted octanol–water partition coefficient (Wildman–Crippen LogP) is 0.604. The van der Waals surface area contributed by atoms with Gasteiger partial charge < -0.3 is 14.2 Å². The van der Waals surface area contributed by atoms with Crippen LogP contribution in [0.2, 0.25) is 0 Å². The molecule has 2 aromatic heterocycles. The minimum atomic E-state index is -3.98. The van der Waals surface area contributed by atoms with Crippen LogP contribution in [0.5, 0.6) is 11.8 Å². The number of sulfonamides is 1. The molecule has 2 aliphatic heterocycles. The van der Waals surface area contributed by atoms with E-state index in [0.29, 0.717) is 5.75 Å². The van der Waals surface area contributed by atoms with Crippen LogP contribution in [-0.2, 0) is 19.5 Å². The lowest BCUT2D eigenvalue weighted by Crippen LogP contribution is -2.44. The van der Waals surface area contributed by atoms with Gasteiger partial charge in [0.2, 0.25) is 10.0 Å². The number of fused-ring (bicyclic) bond motifs is 1. The Morgan fingerprint density at radius 2 is 1.89 bits per heavy atom. The summed E-state index contributed by atoms with van der Waals surface area (Å²) >= 11 is 0. The number of ether oxygens (including phenoxy) is 3. The maximum atomic E-state index is 13.0. The number of nitrogens with one attached hydrogen (secondary N) is 1. The number of benzene rings is 2. The monoisotopic (exact) mass is 521 g/mol. The Morgan fingerprint density at radius 3 is 2.68 bits per heavy atom. The topological polar surface area (TPSA) is 172 Å². The predicted molar refractivity (Wildman–Crippen MR) is 123 cm³/mol. The third kappa shape index (κ3) is 4.32. The molecule has 4 unspecified atom stereocenters. The Kier molecular flexibility index (Phi) is 5.85. The molecule has 0 amide bonds. The van der Waals surface area contributed by atoms with Crippen LogP contribution in [0.4, 0.5) is 0 Å². The highest BCUT2D eigenvalue weighted by atomic mass is 32.2. The number of aromatic nitrogens is 7. The van der Waals surface area contributed by atoms with Crippen molar-refractivity contribution in [2.75, 3.05) is 13.2 Å². The van der Waals surface area contributed by atoms with Crippen LogP contribution < -0.4 is 9.46 Å². The van der Waals surface area contributed by atoms with Gasteiger partial charge in [0.1, 0.15) is 42.7 Å². The first-order chi connectivity index (χ1) is 18.0. The standard InChI is InChI=1S/C22H19N9O5S/c23-9-14-3-1-2-4-19(14)37(32,33)27-17-10-34-21-18(11-35-20(17)21)31-22(26-28-29-31)36-16-7-5-15(6-8-16)30-13-24-12-25-30/h1-8,12-13,17-18,20-21,27H,10-11H2. The molecule has 37 heavy (non-hydrogen) atoms. The molecule has 14 nitrogen and oxygen atoms in total. The molecular formula is C22H19N9O5S. The zero-order chi connectivity index (χ0) is 25.4. The van der Waals surface area contributed by atoms with Crippen LogP contribution in [0.15, 0.2) is 66.1 Å². The van der Waals surface area contributed by atoms with Crippen molar-refractivity contribution in [1.82, 2.24) is 39.7 Å². The fourth-order valence-electron chi connectivity index (χ4n) is 4.42. The SMILES string of the molecule is N#Cc1ccccc1S(=O)(=O)NC1COC2C1OCC2n1nnnc1Oc1ccc(-n2cncn2)cc1. The second kappa shape index (κ2) is 9.33. The summed E-state index contributed by atoms with van der Waals surface area (Å²) in [6.45, 7) is 0.275. The molecule has 1 N–H and O–H groups in total. The van der Waals surface area contributed by atoms with Crippen molar-refractivity contribution in [3.63, 3.8) is 0 Å². The highest BCUT2D eigenvalue weighted by Crippen LogP contribution is 2.36. The Balaban J connectivity index is 1.16. The molecule has 4 heterocycles. The zero-order valence-electron chi connectivity index (χ0n) is 19.0. The van der Waals surface area contributed by atoms with E-state index in [0.717, 1.165) is 5.69 Å². The minimum Gasteiger partial charge on any atom is -0.423 e. The van der Waals surface area contributed by atoms with E-state index in [9.17, 15) is 13.7 Å². The first kappa shape index (κ1) is 23.2. The summed E-state index contributed by atoms with van der Waals surface area (Å²) in [6, 6.07) is 14.1. The lowest BCUT2D eigenvalue weighted by Gasteiger charge is -2.18. The largest absolute Gasteiger partial charge is 0.423 e. The van der Waals surface area contributed by atoms with Crippen LogP contribution in [-0.4, -0.2) is 74.9 Å². The van der Waals surface area contributed by atoms with Gasteiger partial charge in [0, 0.05) is 0 Å². The van der Waals surface area contributed by atoms with Crippen molar-refractivity contribution < 1.29 is 22.6 Å². The van der Waals surface area contributed by atoms with Crippen LogP contribution in [0.25, 0.3) is 5.69 Å². The Hall–Kier alpha value is -4.23. The molecule has 0 bridgehead atoms. The van der Waals surface area contributed by atoms with E-state index >= 15 is 0 Å². The van der Waals surface area contributed by atoms with E-state index in [1.54, 1.807) is 35.3 Å². The van der Waals surface area contributed by atoms with Gasteiger partial charge >= 0.3 is 6.01 Å². The van der Waals surface area contributed by atoms with Gasteiger partial charge in [-0.2, -0.15) is 15.0 Å². The van der Waals surface area contributed by atoms with E-state index < -0.39 is 34.3 Å². The van der Waals surface area contributed by atoms with Crippen LogP contribution in [0, 0.1) is 11.3 Å². The van der Waals surface area contributed by atoms with Gasteiger partial charge in [-0.25, -0.2) is 22.8 Å². The minimum absolute atomic E-state index is 0.0560. The van der Waals surface area contributed by atoms with E-state index in [4.69, 9.17) is 14.2 Å². The van der Waals surface area contributed by atoms with Gasteiger partial charge in [0.05, 0.1) is 35.4 Å². The average Bonchev–Trinajstić information content (AvgIpc) is 3.71. The molecule has 2 aliphatic rings. The fraction of sp³-hybridized carbons (Fsp3) is 0.273. The third-order valence-electron chi connectivity index (χ3n) is 6.14. The van der Waals surface area contributed by atoms with Crippen LogP contribution in [0.3, 0.4) is 0 Å². The molecule has 4 aromatic rings. The normalized spacial score (nSPS) is 23.0. The van der Waals surface area contributed by atoms with E-state index in [1.807, 2.05) is 18.2 Å². The van der Waals surface area contributed by atoms with Crippen molar-refractivity contribution in [2.24, 2.45) is 0 Å². The van der Waals surface area contributed by atoms with Crippen molar-refractivity contribution in [1.29, 1.82) is 5.26 Å². The van der Waals surface area contributed by atoms with Gasteiger partial charge in [0.25, 0.3) is 0 Å². The molecule has 0 radical (unpaired) electrons. The summed E-state index contributed by atoms with van der Waals surface area (Å²) < 4.78 is 49.4. The van der Waals surface area contributed by atoms with E-state index in [2.05, 4.69) is 30.3 Å². The maximum absolute atomic E-state index is 13.0.